The zero-order valence-corrected chi connectivity index (χ0v) is 9.16. The number of hydrogen-bond donors (Lipinski definition) is 2. The summed E-state index contributed by atoms with van der Waals surface area (Å²) in [6, 6.07) is 6.12. The van der Waals surface area contributed by atoms with Gasteiger partial charge in [0.2, 0.25) is 0 Å². The second-order valence-electron chi connectivity index (χ2n) is 3.54. The van der Waals surface area contributed by atoms with Crippen molar-refractivity contribution in [3.8, 4) is 0 Å². The summed E-state index contributed by atoms with van der Waals surface area (Å²) >= 11 is 0. The molecule has 0 amide bonds. The molecule has 18 heavy (non-hydrogen) atoms. The van der Waals surface area contributed by atoms with Gasteiger partial charge >= 0.3 is 5.97 Å². The molecule has 0 fully saturated rings. The summed E-state index contributed by atoms with van der Waals surface area (Å²) in [5.74, 6) is -1.01. The van der Waals surface area contributed by atoms with E-state index in [1.165, 1.54) is 18.3 Å². The third-order valence-corrected chi connectivity index (χ3v) is 2.38. The SMILES string of the molecule is O=C(O)CNc1ccnc2c([N+](=O)[O-])cccc12. The third kappa shape index (κ3) is 2.19. The monoisotopic (exact) mass is 247 g/mol. The summed E-state index contributed by atoms with van der Waals surface area (Å²) in [6.45, 7) is -0.262. The maximum absolute atomic E-state index is 10.8. The number of nitro groups is 1. The Morgan fingerprint density at radius 1 is 1.44 bits per heavy atom. The molecule has 7 nitrogen and oxygen atoms in total. The standard InChI is InChI=1S/C11H9N3O4/c15-10(16)6-13-8-4-5-12-11-7(8)2-1-3-9(11)14(17)18/h1-5H,6H2,(H,12,13)(H,15,16). The van der Waals surface area contributed by atoms with E-state index in [1.807, 2.05) is 0 Å². The number of hydrogen-bond acceptors (Lipinski definition) is 5. The lowest BCUT2D eigenvalue weighted by Crippen LogP contribution is -2.12. The van der Waals surface area contributed by atoms with Gasteiger partial charge in [0, 0.05) is 23.3 Å². The third-order valence-electron chi connectivity index (χ3n) is 2.38. The summed E-state index contributed by atoms with van der Waals surface area (Å²) in [4.78, 5) is 24.8. The van der Waals surface area contributed by atoms with Crippen molar-refractivity contribution in [3.63, 3.8) is 0 Å². The highest BCUT2D eigenvalue weighted by molar-refractivity contribution is 5.96. The van der Waals surface area contributed by atoms with E-state index in [2.05, 4.69) is 10.3 Å². The van der Waals surface area contributed by atoms with Crippen LogP contribution >= 0.6 is 0 Å². The number of nitrogens with one attached hydrogen (secondary N) is 1. The molecule has 1 aromatic carbocycles. The molecule has 0 spiro atoms. The Bertz CT molecular complexity index is 627. The minimum absolute atomic E-state index is 0.105. The summed E-state index contributed by atoms with van der Waals surface area (Å²) in [7, 11) is 0. The lowest BCUT2D eigenvalue weighted by molar-refractivity contribution is -0.383. The van der Waals surface area contributed by atoms with Crippen molar-refractivity contribution >= 4 is 28.2 Å². The van der Waals surface area contributed by atoms with Crippen LogP contribution < -0.4 is 5.32 Å². The summed E-state index contributed by atoms with van der Waals surface area (Å²) in [5.41, 5.74) is 0.635. The van der Waals surface area contributed by atoms with E-state index >= 15 is 0 Å². The molecule has 0 saturated carbocycles. The van der Waals surface area contributed by atoms with E-state index in [0.717, 1.165) is 0 Å². The number of rotatable bonds is 4. The lowest BCUT2D eigenvalue weighted by atomic mass is 10.1. The average molecular weight is 247 g/mol. The van der Waals surface area contributed by atoms with Gasteiger partial charge in [-0.05, 0) is 6.07 Å². The lowest BCUT2D eigenvalue weighted by Gasteiger charge is -2.07. The number of non-ortho nitro benzene ring substituents is 1. The van der Waals surface area contributed by atoms with Gasteiger partial charge < -0.3 is 10.4 Å². The van der Waals surface area contributed by atoms with E-state index in [9.17, 15) is 14.9 Å². The number of nitro benzene ring substituents is 1. The number of carboxylic acids is 1. The van der Waals surface area contributed by atoms with Crippen LogP contribution in [0.25, 0.3) is 10.9 Å². The Kier molecular flexibility index (Phi) is 3.05. The smallest absolute Gasteiger partial charge is 0.322 e. The number of para-hydroxylation sites is 1. The number of benzene rings is 1. The van der Waals surface area contributed by atoms with Gasteiger partial charge in [-0.2, -0.15) is 0 Å². The molecule has 0 aliphatic rings. The Labute approximate surface area is 101 Å². The van der Waals surface area contributed by atoms with Crippen LogP contribution in [0, 0.1) is 10.1 Å². The number of nitrogens with zero attached hydrogens (tertiary/aromatic N) is 2. The fourth-order valence-corrected chi connectivity index (χ4v) is 1.63. The zero-order valence-electron chi connectivity index (χ0n) is 9.16. The summed E-state index contributed by atoms with van der Waals surface area (Å²) in [5, 5.41) is 22.7. The average Bonchev–Trinajstić information content (AvgIpc) is 2.35. The van der Waals surface area contributed by atoms with Gasteiger partial charge in [0.15, 0.2) is 0 Å². The first kappa shape index (κ1) is 11.8. The fourth-order valence-electron chi connectivity index (χ4n) is 1.63. The van der Waals surface area contributed by atoms with Crippen molar-refractivity contribution in [1.29, 1.82) is 0 Å². The highest BCUT2D eigenvalue weighted by atomic mass is 16.6. The van der Waals surface area contributed by atoms with Crippen LogP contribution in [-0.2, 0) is 4.79 Å². The predicted molar refractivity (Wildman–Crippen MR) is 64.5 cm³/mol. The van der Waals surface area contributed by atoms with Crippen molar-refractivity contribution in [1.82, 2.24) is 4.98 Å². The first-order valence-corrected chi connectivity index (χ1v) is 5.07. The molecule has 1 heterocycles. The maximum atomic E-state index is 10.8. The van der Waals surface area contributed by atoms with Crippen molar-refractivity contribution < 1.29 is 14.8 Å². The largest absolute Gasteiger partial charge is 0.480 e. The van der Waals surface area contributed by atoms with Crippen LogP contribution in [0.1, 0.15) is 0 Å². The molecule has 0 unspecified atom stereocenters. The minimum atomic E-state index is -1.01. The van der Waals surface area contributed by atoms with Crippen LogP contribution in [0.5, 0.6) is 0 Å². The number of pyridine rings is 1. The molecule has 2 aromatic rings. The Balaban J connectivity index is 2.53. The Hall–Kier alpha value is -2.70. The highest BCUT2D eigenvalue weighted by Gasteiger charge is 2.14. The second kappa shape index (κ2) is 4.66. The van der Waals surface area contributed by atoms with Gasteiger partial charge in [0.25, 0.3) is 5.69 Å². The van der Waals surface area contributed by atoms with Crippen LogP contribution in [-0.4, -0.2) is 27.5 Å². The molecule has 0 bridgehead atoms. The van der Waals surface area contributed by atoms with Crippen molar-refractivity contribution in [2.75, 3.05) is 11.9 Å². The first-order valence-electron chi connectivity index (χ1n) is 5.07. The molecule has 92 valence electrons. The first-order chi connectivity index (χ1) is 8.59. The summed E-state index contributed by atoms with van der Waals surface area (Å²) in [6.07, 6.45) is 1.40. The van der Waals surface area contributed by atoms with Gasteiger partial charge in [-0.1, -0.05) is 12.1 Å². The fraction of sp³-hybridized carbons (Fsp3) is 0.0909. The van der Waals surface area contributed by atoms with Gasteiger partial charge in [-0.25, -0.2) is 4.98 Å². The van der Waals surface area contributed by atoms with Gasteiger partial charge in [0.1, 0.15) is 12.1 Å². The van der Waals surface area contributed by atoms with Crippen molar-refractivity contribution in [3.05, 3.63) is 40.6 Å². The van der Waals surface area contributed by atoms with E-state index in [4.69, 9.17) is 5.11 Å². The molecule has 0 atom stereocenters. The minimum Gasteiger partial charge on any atom is -0.480 e. The van der Waals surface area contributed by atoms with Gasteiger partial charge in [0.05, 0.1) is 4.92 Å². The molecule has 0 radical (unpaired) electrons. The number of carboxylic acid groups (broad SMARTS) is 1. The number of fused-ring (bicyclic) bond motifs is 1. The van der Waals surface area contributed by atoms with E-state index in [1.54, 1.807) is 12.1 Å². The number of anilines is 1. The molecule has 0 aliphatic heterocycles. The Morgan fingerprint density at radius 2 is 2.22 bits per heavy atom. The molecule has 7 heteroatoms. The molecular weight excluding hydrogens is 238 g/mol. The van der Waals surface area contributed by atoms with E-state index in [-0.39, 0.29) is 17.7 Å². The van der Waals surface area contributed by atoms with Crippen LogP contribution in [0.4, 0.5) is 11.4 Å². The highest BCUT2D eigenvalue weighted by Crippen LogP contribution is 2.28. The van der Waals surface area contributed by atoms with Crippen LogP contribution in [0.15, 0.2) is 30.5 Å². The molecule has 0 saturated heterocycles. The molecule has 0 aliphatic carbocycles. The molecule has 2 rings (SSSR count). The molecule has 1 aromatic heterocycles. The normalized spacial score (nSPS) is 10.2. The van der Waals surface area contributed by atoms with Crippen molar-refractivity contribution in [2.24, 2.45) is 0 Å². The zero-order chi connectivity index (χ0) is 13.1. The molecular formula is C11H9N3O4. The molecule has 2 N–H and O–H groups in total. The second-order valence-corrected chi connectivity index (χ2v) is 3.54. The predicted octanol–water partition coefficient (Wildman–Crippen LogP) is 1.64. The van der Waals surface area contributed by atoms with E-state index < -0.39 is 10.9 Å². The summed E-state index contributed by atoms with van der Waals surface area (Å²) < 4.78 is 0. The van der Waals surface area contributed by atoms with Crippen molar-refractivity contribution in [2.45, 2.75) is 0 Å². The number of carbonyl (C=O) groups is 1. The topological polar surface area (TPSA) is 105 Å². The number of aromatic nitrogens is 1. The van der Waals surface area contributed by atoms with Crippen LogP contribution in [0.2, 0.25) is 0 Å². The number of aliphatic carboxylic acids is 1. The van der Waals surface area contributed by atoms with Gasteiger partial charge in [-0.15, -0.1) is 0 Å². The van der Waals surface area contributed by atoms with Crippen LogP contribution in [0.3, 0.4) is 0 Å². The van der Waals surface area contributed by atoms with Gasteiger partial charge in [-0.3, -0.25) is 14.9 Å². The quantitative estimate of drug-likeness (QED) is 0.628. The van der Waals surface area contributed by atoms with E-state index in [0.29, 0.717) is 11.1 Å². The Morgan fingerprint density at radius 3 is 2.89 bits per heavy atom. The maximum Gasteiger partial charge on any atom is 0.322 e.